The standard InChI is InChI=1S/C9H16O3/c1-3-7-4-5-9(2,11)8(6-10)12-7/h3,7-8,10-11H,1,4-6H2,2H3. The number of aliphatic hydroxyl groups excluding tert-OH is 1. The Bertz CT molecular complexity index is 165. The average molecular weight is 172 g/mol. The fourth-order valence-electron chi connectivity index (χ4n) is 1.43. The van der Waals surface area contributed by atoms with Gasteiger partial charge >= 0.3 is 0 Å². The van der Waals surface area contributed by atoms with Crippen molar-refractivity contribution in [2.24, 2.45) is 0 Å². The minimum absolute atomic E-state index is 0.0256. The molecule has 2 N–H and O–H groups in total. The number of hydrogen-bond donors (Lipinski definition) is 2. The molecule has 3 atom stereocenters. The van der Waals surface area contributed by atoms with Gasteiger partial charge in [-0.15, -0.1) is 6.58 Å². The molecule has 0 aromatic rings. The third kappa shape index (κ3) is 1.86. The smallest absolute Gasteiger partial charge is 0.110 e. The van der Waals surface area contributed by atoms with Crippen molar-refractivity contribution >= 4 is 0 Å². The number of aliphatic hydroxyl groups is 2. The molecule has 1 heterocycles. The molecule has 1 aliphatic heterocycles. The summed E-state index contributed by atoms with van der Waals surface area (Å²) in [4.78, 5) is 0. The predicted molar refractivity (Wildman–Crippen MR) is 45.8 cm³/mol. The number of ether oxygens (including phenoxy) is 1. The van der Waals surface area contributed by atoms with Gasteiger partial charge in [-0.2, -0.15) is 0 Å². The maximum Gasteiger partial charge on any atom is 0.110 e. The molecule has 70 valence electrons. The van der Waals surface area contributed by atoms with Gasteiger partial charge in [-0.1, -0.05) is 6.08 Å². The van der Waals surface area contributed by atoms with Crippen molar-refractivity contribution < 1.29 is 14.9 Å². The van der Waals surface area contributed by atoms with Crippen LogP contribution in [0.15, 0.2) is 12.7 Å². The van der Waals surface area contributed by atoms with Crippen LogP contribution in [-0.2, 0) is 4.74 Å². The Balaban J connectivity index is 2.59. The monoisotopic (exact) mass is 172 g/mol. The maximum absolute atomic E-state index is 9.73. The van der Waals surface area contributed by atoms with Crippen LogP contribution < -0.4 is 0 Å². The van der Waals surface area contributed by atoms with Crippen molar-refractivity contribution in [3.8, 4) is 0 Å². The molecule has 3 nitrogen and oxygen atoms in total. The third-order valence-electron chi connectivity index (χ3n) is 2.40. The zero-order chi connectivity index (χ0) is 9.19. The summed E-state index contributed by atoms with van der Waals surface area (Å²) >= 11 is 0. The second kappa shape index (κ2) is 3.56. The lowest BCUT2D eigenvalue weighted by molar-refractivity contribution is -0.168. The summed E-state index contributed by atoms with van der Waals surface area (Å²) in [6.45, 7) is 5.16. The van der Waals surface area contributed by atoms with Crippen LogP contribution in [0.1, 0.15) is 19.8 Å². The van der Waals surface area contributed by atoms with E-state index in [0.29, 0.717) is 6.42 Å². The van der Waals surface area contributed by atoms with Gasteiger partial charge in [-0.25, -0.2) is 0 Å². The molecule has 0 aromatic carbocycles. The summed E-state index contributed by atoms with van der Waals surface area (Å²) in [5.41, 5.74) is -0.895. The highest BCUT2D eigenvalue weighted by atomic mass is 16.5. The van der Waals surface area contributed by atoms with Crippen molar-refractivity contribution in [3.63, 3.8) is 0 Å². The SMILES string of the molecule is C=CC1CCC(C)(O)C(CO)O1. The van der Waals surface area contributed by atoms with E-state index in [9.17, 15) is 5.11 Å². The normalized spacial score (nSPS) is 42.6. The van der Waals surface area contributed by atoms with Crippen molar-refractivity contribution in [2.75, 3.05) is 6.61 Å². The lowest BCUT2D eigenvalue weighted by atomic mass is 9.89. The van der Waals surface area contributed by atoms with Crippen LogP contribution in [0.4, 0.5) is 0 Å². The zero-order valence-electron chi connectivity index (χ0n) is 7.36. The molecule has 0 radical (unpaired) electrons. The molecule has 1 fully saturated rings. The van der Waals surface area contributed by atoms with Gasteiger partial charge in [0, 0.05) is 0 Å². The second-order valence-electron chi connectivity index (χ2n) is 3.48. The zero-order valence-corrected chi connectivity index (χ0v) is 7.36. The lowest BCUT2D eigenvalue weighted by Gasteiger charge is -2.39. The van der Waals surface area contributed by atoms with Gasteiger partial charge in [0.1, 0.15) is 6.10 Å². The number of hydrogen-bond acceptors (Lipinski definition) is 3. The van der Waals surface area contributed by atoms with Crippen molar-refractivity contribution in [2.45, 2.75) is 37.6 Å². The minimum Gasteiger partial charge on any atom is -0.394 e. The molecule has 12 heavy (non-hydrogen) atoms. The largest absolute Gasteiger partial charge is 0.394 e. The molecule has 1 aliphatic rings. The average Bonchev–Trinajstić information content (AvgIpc) is 2.04. The first-order chi connectivity index (χ1) is 5.60. The fourth-order valence-corrected chi connectivity index (χ4v) is 1.43. The van der Waals surface area contributed by atoms with E-state index in [1.54, 1.807) is 13.0 Å². The first kappa shape index (κ1) is 9.71. The lowest BCUT2D eigenvalue weighted by Crippen LogP contribution is -2.49. The molecule has 3 unspecified atom stereocenters. The summed E-state index contributed by atoms with van der Waals surface area (Å²) < 4.78 is 5.38. The van der Waals surface area contributed by atoms with Crippen molar-refractivity contribution in [1.82, 2.24) is 0 Å². The third-order valence-corrected chi connectivity index (χ3v) is 2.40. The van der Waals surface area contributed by atoms with Gasteiger partial charge in [-0.05, 0) is 19.8 Å². The van der Waals surface area contributed by atoms with Crippen LogP contribution in [0.2, 0.25) is 0 Å². The van der Waals surface area contributed by atoms with E-state index < -0.39 is 11.7 Å². The van der Waals surface area contributed by atoms with E-state index in [-0.39, 0.29) is 12.7 Å². The van der Waals surface area contributed by atoms with Gasteiger partial charge in [0.15, 0.2) is 0 Å². The first-order valence-electron chi connectivity index (χ1n) is 4.21. The molecule has 0 amide bonds. The predicted octanol–water partition coefficient (Wildman–Crippen LogP) is 0.463. The molecule has 1 saturated heterocycles. The van der Waals surface area contributed by atoms with E-state index in [4.69, 9.17) is 9.84 Å². The summed E-state index contributed by atoms with van der Waals surface area (Å²) in [6, 6.07) is 0. The summed E-state index contributed by atoms with van der Waals surface area (Å²) in [5, 5.41) is 18.6. The van der Waals surface area contributed by atoms with E-state index >= 15 is 0 Å². The van der Waals surface area contributed by atoms with Gasteiger partial charge in [0.2, 0.25) is 0 Å². The second-order valence-corrected chi connectivity index (χ2v) is 3.48. The van der Waals surface area contributed by atoms with E-state index in [0.717, 1.165) is 6.42 Å². The Morgan fingerprint density at radius 2 is 2.42 bits per heavy atom. The Morgan fingerprint density at radius 3 is 2.92 bits per heavy atom. The number of rotatable bonds is 2. The maximum atomic E-state index is 9.73. The quantitative estimate of drug-likeness (QED) is 0.595. The minimum atomic E-state index is -0.895. The Labute approximate surface area is 72.7 Å². The van der Waals surface area contributed by atoms with Crippen LogP contribution in [0.3, 0.4) is 0 Å². The van der Waals surface area contributed by atoms with E-state index in [1.807, 2.05) is 0 Å². The van der Waals surface area contributed by atoms with Crippen LogP contribution in [0.25, 0.3) is 0 Å². The highest BCUT2D eigenvalue weighted by Gasteiger charge is 2.37. The van der Waals surface area contributed by atoms with Gasteiger partial charge in [-0.3, -0.25) is 0 Å². The molecular formula is C9H16O3. The molecule has 0 bridgehead atoms. The van der Waals surface area contributed by atoms with Gasteiger partial charge < -0.3 is 14.9 Å². The van der Waals surface area contributed by atoms with Gasteiger partial charge in [0.25, 0.3) is 0 Å². The summed E-state index contributed by atoms with van der Waals surface area (Å²) in [6.07, 6.45) is 2.62. The molecule has 0 aliphatic carbocycles. The van der Waals surface area contributed by atoms with Crippen LogP contribution in [0, 0.1) is 0 Å². The van der Waals surface area contributed by atoms with Crippen LogP contribution in [-0.4, -0.2) is 34.6 Å². The van der Waals surface area contributed by atoms with Crippen LogP contribution in [0.5, 0.6) is 0 Å². The van der Waals surface area contributed by atoms with Crippen LogP contribution >= 0.6 is 0 Å². The fraction of sp³-hybridized carbons (Fsp3) is 0.778. The highest BCUT2D eigenvalue weighted by molar-refractivity contribution is 4.93. The Kier molecular flexibility index (Phi) is 2.88. The first-order valence-corrected chi connectivity index (χ1v) is 4.21. The Hall–Kier alpha value is -0.380. The summed E-state index contributed by atoms with van der Waals surface area (Å²) in [7, 11) is 0. The molecular weight excluding hydrogens is 156 g/mol. The Morgan fingerprint density at radius 1 is 1.75 bits per heavy atom. The van der Waals surface area contributed by atoms with Gasteiger partial charge in [0.05, 0.1) is 18.3 Å². The topological polar surface area (TPSA) is 49.7 Å². The van der Waals surface area contributed by atoms with Crippen molar-refractivity contribution in [1.29, 1.82) is 0 Å². The summed E-state index contributed by atoms with van der Waals surface area (Å²) in [5.74, 6) is 0. The molecule has 0 aromatic heterocycles. The van der Waals surface area contributed by atoms with Crippen molar-refractivity contribution in [3.05, 3.63) is 12.7 Å². The van der Waals surface area contributed by atoms with E-state index in [1.165, 1.54) is 0 Å². The molecule has 0 spiro atoms. The van der Waals surface area contributed by atoms with E-state index in [2.05, 4.69) is 6.58 Å². The molecule has 1 rings (SSSR count). The molecule has 0 saturated carbocycles. The highest BCUT2D eigenvalue weighted by Crippen LogP contribution is 2.28. The molecule has 3 heteroatoms.